The van der Waals surface area contributed by atoms with E-state index in [1.165, 1.54) is 6.07 Å². The van der Waals surface area contributed by atoms with Crippen molar-refractivity contribution in [3.8, 4) is 0 Å². The van der Waals surface area contributed by atoms with Gasteiger partial charge in [0.05, 0.1) is 16.6 Å². The van der Waals surface area contributed by atoms with Gasteiger partial charge in [-0.2, -0.15) is 5.10 Å². The molecule has 1 atom stereocenters. The van der Waals surface area contributed by atoms with Gasteiger partial charge < -0.3 is 0 Å². The highest BCUT2D eigenvalue weighted by Gasteiger charge is 2.25. The Hall–Kier alpha value is -1.43. The maximum atomic E-state index is 10.9. The molecule has 1 aromatic heterocycles. The fourth-order valence-electron chi connectivity index (χ4n) is 2.08. The van der Waals surface area contributed by atoms with Crippen LogP contribution in [0.5, 0.6) is 0 Å². The maximum absolute atomic E-state index is 10.9. The summed E-state index contributed by atoms with van der Waals surface area (Å²) in [7, 11) is 0. The minimum Gasteiger partial charge on any atom is -0.264 e. The van der Waals surface area contributed by atoms with Crippen LogP contribution in [-0.4, -0.2) is 20.0 Å². The summed E-state index contributed by atoms with van der Waals surface area (Å²) in [6, 6.07) is 4.85. The van der Waals surface area contributed by atoms with Crippen LogP contribution in [0.25, 0.3) is 10.9 Å². The van der Waals surface area contributed by atoms with E-state index in [0.717, 1.165) is 22.8 Å². The van der Waals surface area contributed by atoms with Crippen LogP contribution in [0.3, 0.4) is 0 Å². The van der Waals surface area contributed by atoms with Gasteiger partial charge in [0.1, 0.15) is 0 Å². The number of nitro groups is 1. The van der Waals surface area contributed by atoms with Gasteiger partial charge in [-0.25, -0.2) is 0 Å². The number of fused-ring (bicyclic) bond motifs is 1. The SMILES string of the molecule is CC(C)(C)C(CBr)Cn1ncc2ccc([N+](=O)[O-])cc21. The molecule has 0 bridgehead atoms. The summed E-state index contributed by atoms with van der Waals surface area (Å²) in [4.78, 5) is 10.5. The summed E-state index contributed by atoms with van der Waals surface area (Å²) in [5, 5.41) is 17.1. The molecule has 0 aliphatic heterocycles. The standard InChI is InChI=1S/C14H18BrN3O2/c1-14(2,3)11(7-15)9-17-13-6-12(18(19)20)5-4-10(13)8-16-17/h4-6,8,11H,7,9H2,1-3H3. The molecule has 0 amide bonds. The van der Waals surface area contributed by atoms with E-state index in [-0.39, 0.29) is 16.0 Å². The lowest BCUT2D eigenvalue weighted by molar-refractivity contribution is -0.384. The zero-order valence-electron chi connectivity index (χ0n) is 11.8. The molecule has 0 fully saturated rings. The van der Waals surface area contributed by atoms with Crippen molar-refractivity contribution in [3.63, 3.8) is 0 Å². The second kappa shape index (κ2) is 5.52. The van der Waals surface area contributed by atoms with Crippen molar-refractivity contribution in [2.45, 2.75) is 27.3 Å². The highest BCUT2D eigenvalue weighted by molar-refractivity contribution is 9.09. The molecular weight excluding hydrogens is 322 g/mol. The predicted octanol–water partition coefficient (Wildman–Crippen LogP) is 4.00. The van der Waals surface area contributed by atoms with Crippen LogP contribution in [0.2, 0.25) is 0 Å². The molecule has 1 aromatic carbocycles. The minimum absolute atomic E-state index is 0.102. The molecule has 0 radical (unpaired) electrons. The van der Waals surface area contributed by atoms with Crippen molar-refractivity contribution in [1.82, 2.24) is 9.78 Å². The van der Waals surface area contributed by atoms with Crippen LogP contribution in [0.1, 0.15) is 20.8 Å². The summed E-state index contributed by atoms with van der Waals surface area (Å²) >= 11 is 3.55. The second-order valence-electron chi connectivity index (χ2n) is 6.04. The van der Waals surface area contributed by atoms with E-state index in [9.17, 15) is 10.1 Å². The first-order valence-electron chi connectivity index (χ1n) is 6.49. The molecule has 2 rings (SSSR count). The average molecular weight is 340 g/mol. The largest absolute Gasteiger partial charge is 0.271 e. The maximum Gasteiger partial charge on any atom is 0.271 e. The summed E-state index contributed by atoms with van der Waals surface area (Å²) in [5.41, 5.74) is 1.06. The number of nitro benzene ring substituents is 1. The number of alkyl halides is 1. The molecule has 20 heavy (non-hydrogen) atoms. The van der Waals surface area contributed by atoms with Crippen molar-refractivity contribution in [2.75, 3.05) is 5.33 Å². The minimum atomic E-state index is -0.373. The summed E-state index contributed by atoms with van der Waals surface area (Å²) in [6.45, 7) is 7.30. The first-order valence-corrected chi connectivity index (χ1v) is 7.61. The molecular formula is C14H18BrN3O2. The van der Waals surface area contributed by atoms with E-state index in [1.54, 1.807) is 18.3 Å². The summed E-state index contributed by atoms with van der Waals surface area (Å²) < 4.78 is 1.86. The van der Waals surface area contributed by atoms with E-state index in [0.29, 0.717) is 5.92 Å². The number of hydrogen-bond acceptors (Lipinski definition) is 3. The van der Waals surface area contributed by atoms with Gasteiger partial charge in [0, 0.05) is 29.4 Å². The molecule has 6 heteroatoms. The molecule has 0 saturated heterocycles. The van der Waals surface area contributed by atoms with E-state index in [4.69, 9.17) is 0 Å². The Morgan fingerprint density at radius 2 is 2.15 bits per heavy atom. The number of non-ortho nitro benzene ring substituents is 1. The predicted molar refractivity (Wildman–Crippen MR) is 83.1 cm³/mol. The molecule has 1 unspecified atom stereocenters. The zero-order chi connectivity index (χ0) is 14.9. The number of hydrogen-bond donors (Lipinski definition) is 0. The van der Waals surface area contributed by atoms with Gasteiger partial charge in [-0.1, -0.05) is 36.7 Å². The third-order valence-corrected chi connectivity index (χ3v) is 4.43. The van der Waals surface area contributed by atoms with Gasteiger partial charge in [-0.05, 0) is 17.4 Å². The highest BCUT2D eigenvalue weighted by atomic mass is 79.9. The van der Waals surface area contributed by atoms with Gasteiger partial charge >= 0.3 is 0 Å². The van der Waals surface area contributed by atoms with Gasteiger partial charge in [0.2, 0.25) is 0 Å². The summed E-state index contributed by atoms with van der Waals surface area (Å²) in [5.74, 6) is 0.393. The topological polar surface area (TPSA) is 61.0 Å². The van der Waals surface area contributed by atoms with Crippen LogP contribution in [0.4, 0.5) is 5.69 Å². The number of halogens is 1. The number of nitrogens with zero attached hydrogens (tertiary/aromatic N) is 3. The van der Waals surface area contributed by atoms with E-state index in [1.807, 2.05) is 4.68 Å². The molecule has 0 aliphatic rings. The average Bonchev–Trinajstić information content (AvgIpc) is 2.76. The summed E-state index contributed by atoms with van der Waals surface area (Å²) in [6.07, 6.45) is 1.76. The smallest absolute Gasteiger partial charge is 0.264 e. The van der Waals surface area contributed by atoms with Crippen LogP contribution < -0.4 is 0 Å². The lowest BCUT2D eigenvalue weighted by atomic mass is 9.82. The van der Waals surface area contributed by atoms with Gasteiger partial charge in [-0.3, -0.25) is 14.8 Å². The molecule has 0 N–H and O–H groups in total. The van der Waals surface area contributed by atoms with Crippen molar-refractivity contribution in [2.24, 2.45) is 11.3 Å². The molecule has 0 aliphatic carbocycles. The molecule has 2 aromatic rings. The Bertz CT molecular complexity index is 631. The number of benzene rings is 1. The lowest BCUT2D eigenvalue weighted by Gasteiger charge is -2.29. The van der Waals surface area contributed by atoms with E-state index >= 15 is 0 Å². The first-order chi connectivity index (χ1) is 9.32. The van der Waals surface area contributed by atoms with Crippen LogP contribution in [0.15, 0.2) is 24.4 Å². The Kier molecular flexibility index (Phi) is 4.13. The first kappa shape index (κ1) is 15.0. The van der Waals surface area contributed by atoms with E-state index in [2.05, 4.69) is 41.8 Å². The Labute approximate surface area is 126 Å². The van der Waals surface area contributed by atoms with Gasteiger partial charge in [0.25, 0.3) is 5.69 Å². The normalized spacial score (nSPS) is 13.6. The third-order valence-electron chi connectivity index (χ3n) is 3.64. The lowest BCUT2D eigenvalue weighted by Crippen LogP contribution is -2.27. The highest BCUT2D eigenvalue weighted by Crippen LogP contribution is 2.30. The van der Waals surface area contributed by atoms with Crippen molar-refractivity contribution in [1.29, 1.82) is 0 Å². The van der Waals surface area contributed by atoms with Gasteiger partial charge in [0.15, 0.2) is 0 Å². The Balaban J connectivity index is 2.39. The molecule has 1 heterocycles. The van der Waals surface area contributed by atoms with Crippen LogP contribution in [-0.2, 0) is 6.54 Å². The van der Waals surface area contributed by atoms with Crippen molar-refractivity contribution >= 4 is 32.5 Å². The Morgan fingerprint density at radius 3 is 2.70 bits per heavy atom. The second-order valence-corrected chi connectivity index (χ2v) is 6.69. The fraction of sp³-hybridized carbons (Fsp3) is 0.500. The fourth-order valence-corrected chi connectivity index (χ4v) is 3.26. The van der Waals surface area contributed by atoms with Crippen molar-refractivity contribution < 1.29 is 4.92 Å². The van der Waals surface area contributed by atoms with Crippen LogP contribution in [0, 0.1) is 21.4 Å². The number of aromatic nitrogens is 2. The molecule has 0 spiro atoms. The number of rotatable bonds is 4. The molecule has 108 valence electrons. The quantitative estimate of drug-likeness (QED) is 0.480. The van der Waals surface area contributed by atoms with Crippen LogP contribution >= 0.6 is 15.9 Å². The van der Waals surface area contributed by atoms with Crippen molar-refractivity contribution in [3.05, 3.63) is 34.5 Å². The molecule has 0 saturated carbocycles. The monoisotopic (exact) mass is 339 g/mol. The van der Waals surface area contributed by atoms with Gasteiger partial charge in [-0.15, -0.1) is 0 Å². The Morgan fingerprint density at radius 1 is 1.45 bits per heavy atom. The third kappa shape index (κ3) is 3.00. The van der Waals surface area contributed by atoms with E-state index < -0.39 is 0 Å². The zero-order valence-corrected chi connectivity index (χ0v) is 13.4. The molecule has 5 nitrogen and oxygen atoms in total.